The van der Waals surface area contributed by atoms with Gasteiger partial charge in [-0.1, -0.05) is 6.92 Å². The molecule has 0 fully saturated rings. The van der Waals surface area contributed by atoms with Gasteiger partial charge in [0.05, 0.1) is 19.8 Å². The number of methoxy groups -OCH3 is 2. The van der Waals surface area contributed by atoms with E-state index in [9.17, 15) is 4.79 Å². The van der Waals surface area contributed by atoms with Crippen LogP contribution in [0, 0.1) is 0 Å². The largest absolute Gasteiger partial charge is 0.463 e. The van der Waals surface area contributed by atoms with Gasteiger partial charge in [0.15, 0.2) is 0 Å². The summed E-state index contributed by atoms with van der Waals surface area (Å²) in [4.78, 5) is 13.5. The Kier molecular flexibility index (Phi) is 5.88. The molecule has 1 unspecified atom stereocenters. The molecular weight excluding hydrogens is 234 g/mol. The van der Waals surface area contributed by atoms with Crippen molar-refractivity contribution in [2.75, 3.05) is 33.9 Å². The molecule has 0 saturated carbocycles. The van der Waals surface area contributed by atoms with Gasteiger partial charge in [0.1, 0.15) is 5.76 Å². The van der Waals surface area contributed by atoms with Crippen LogP contribution in [0.2, 0.25) is 0 Å². The summed E-state index contributed by atoms with van der Waals surface area (Å²) in [5.74, 6) is 0.545. The first-order chi connectivity index (χ1) is 8.63. The molecule has 1 aromatic rings. The van der Waals surface area contributed by atoms with E-state index in [-0.39, 0.29) is 11.8 Å². The zero-order valence-electron chi connectivity index (χ0n) is 11.4. The molecule has 0 N–H and O–H groups in total. The second-order valence-corrected chi connectivity index (χ2v) is 3.99. The Bertz CT molecular complexity index is 375. The van der Waals surface area contributed by atoms with Crippen molar-refractivity contribution < 1.29 is 18.7 Å². The van der Waals surface area contributed by atoms with Gasteiger partial charge in [-0.05, 0) is 25.6 Å². The molecule has 0 aliphatic heterocycles. The molecule has 0 aliphatic rings. The number of rotatable bonds is 7. The highest BCUT2D eigenvalue weighted by Gasteiger charge is 2.19. The van der Waals surface area contributed by atoms with Crippen LogP contribution in [0.15, 0.2) is 16.5 Å². The molecule has 5 nitrogen and oxygen atoms in total. The molecule has 1 heterocycles. The highest BCUT2D eigenvalue weighted by molar-refractivity contribution is 5.86. The molecule has 1 aromatic heterocycles. The van der Waals surface area contributed by atoms with Gasteiger partial charge in [-0.2, -0.15) is 0 Å². The zero-order valence-corrected chi connectivity index (χ0v) is 11.4. The minimum atomic E-state index is -0.451. The number of carbonyl (C=O) groups is 1. The van der Waals surface area contributed by atoms with Crippen LogP contribution in [-0.4, -0.2) is 44.8 Å². The fourth-order valence-electron chi connectivity index (χ4n) is 1.80. The number of esters is 1. The molecule has 102 valence electrons. The van der Waals surface area contributed by atoms with Crippen LogP contribution < -0.4 is 0 Å². The third kappa shape index (κ3) is 3.58. The molecule has 0 bridgehead atoms. The van der Waals surface area contributed by atoms with E-state index in [0.717, 1.165) is 18.8 Å². The van der Waals surface area contributed by atoms with Crippen LogP contribution in [-0.2, 0) is 9.47 Å². The second kappa shape index (κ2) is 7.18. The van der Waals surface area contributed by atoms with Gasteiger partial charge in [-0.15, -0.1) is 0 Å². The van der Waals surface area contributed by atoms with E-state index < -0.39 is 5.97 Å². The molecule has 5 heteroatoms. The molecule has 0 saturated heterocycles. The number of likely N-dealkylation sites (N-methyl/N-ethyl adjacent to an activating group) is 1. The van der Waals surface area contributed by atoms with Crippen molar-refractivity contribution in [3.8, 4) is 0 Å². The third-order valence-electron chi connectivity index (χ3n) is 2.96. The second-order valence-electron chi connectivity index (χ2n) is 3.99. The average Bonchev–Trinajstić information content (AvgIpc) is 2.88. The van der Waals surface area contributed by atoms with E-state index >= 15 is 0 Å². The van der Waals surface area contributed by atoms with Crippen molar-refractivity contribution in [1.82, 2.24) is 4.90 Å². The lowest BCUT2D eigenvalue weighted by molar-refractivity contribution is 0.0557. The molecule has 0 aromatic carbocycles. The summed E-state index contributed by atoms with van der Waals surface area (Å²) in [5, 5.41) is 0. The van der Waals surface area contributed by atoms with Gasteiger partial charge >= 0.3 is 5.97 Å². The highest BCUT2D eigenvalue weighted by atomic mass is 16.5. The van der Waals surface area contributed by atoms with E-state index in [0.29, 0.717) is 6.61 Å². The van der Waals surface area contributed by atoms with Crippen molar-refractivity contribution in [1.29, 1.82) is 0 Å². The fourth-order valence-corrected chi connectivity index (χ4v) is 1.80. The number of hydrogen-bond donors (Lipinski definition) is 0. The van der Waals surface area contributed by atoms with Crippen LogP contribution in [0.3, 0.4) is 0 Å². The van der Waals surface area contributed by atoms with E-state index in [1.54, 1.807) is 13.2 Å². The smallest absolute Gasteiger partial charge is 0.373 e. The predicted molar refractivity (Wildman–Crippen MR) is 67.6 cm³/mol. The van der Waals surface area contributed by atoms with Crippen molar-refractivity contribution in [3.63, 3.8) is 0 Å². The first-order valence-electron chi connectivity index (χ1n) is 6.05. The van der Waals surface area contributed by atoms with Gasteiger partial charge < -0.3 is 13.9 Å². The summed E-state index contributed by atoms with van der Waals surface area (Å²) in [6, 6.07) is 3.55. The summed E-state index contributed by atoms with van der Waals surface area (Å²) >= 11 is 0. The van der Waals surface area contributed by atoms with Gasteiger partial charge in [-0.25, -0.2) is 4.79 Å². The monoisotopic (exact) mass is 255 g/mol. The molecule has 1 rings (SSSR count). The fraction of sp³-hybridized carbons (Fsp3) is 0.615. The Morgan fingerprint density at radius 1 is 1.44 bits per heavy atom. The maximum absolute atomic E-state index is 11.3. The van der Waals surface area contributed by atoms with Crippen molar-refractivity contribution in [2.24, 2.45) is 0 Å². The maximum atomic E-state index is 11.3. The lowest BCUT2D eigenvalue weighted by Gasteiger charge is -2.25. The molecule has 0 aliphatic carbocycles. The van der Waals surface area contributed by atoms with Crippen LogP contribution >= 0.6 is 0 Å². The lowest BCUT2D eigenvalue weighted by Crippen LogP contribution is -2.29. The Morgan fingerprint density at radius 2 is 2.17 bits per heavy atom. The molecule has 1 atom stereocenters. The lowest BCUT2D eigenvalue weighted by atomic mass is 10.2. The minimum absolute atomic E-state index is 0.101. The molecular formula is C13H21NO4. The Labute approximate surface area is 108 Å². The van der Waals surface area contributed by atoms with E-state index in [4.69, 9.17) is 9.15 Å². The average molecular weight is 255 g/mol. The molecule has 18 heavy (non-hydrogen) atoms. The summed E-state index contributed by atoms with van der Waals surface area (Å²) in [6.07, 6.45) is 0. The summed E-state index contributed by atoms with van der Waals surface area (Å²) in [6.45, 7) is 6.50. The topological polar surface area (TPSA) is 51.9 Å². The standard InChI is InChI=1S/C13H21NO4/c1-5-14(8-9-16-3)10(2)11-6-7-12(18-11)13(15)17-4/h6-7,10H,5,8-9H2,1-4H3. The van der Waals surface area contributed by atoms with E-state index in [1.807, 2.05) is 13.0 Å². The quantitative estimate of drug-likeness (QED) is 0.698. The van der Waals surface area contributed by atoms with Crippen LogP contribution in [0.25, 0.3) is 0 Å². The summed E-state index contributed by atoms with van der Waals surface area (Å²) < 4.78 is 15.2. The number of ether oxygens (including phenoxy) is 2. The first-order valence-corrected chi connectivity index (χ1v) is 6.05. The van der Waals surface area contributed by atoms with E-state index in [2.05, 4.69) is 16.6 Å². The van der Waals surface area contributed by atoms with Gasteiger partial charge in [-0.3, -0.25) is 4.90 Å². The first kappa shape index (κ1) is 14.7. The Morgan fingerprint density at radius 3 is 2.72 bits per heavy atom. The number of hydrogen-bond acceptors (Lipinski definition) is 5. The maximum Gasteiger partial charge on any atom is 0.373 e. The number of nitrogens with zero attached hydrogens (tertiary/aromatic N) is 1. The van der Waals surface area contributed by atoms with Gasteiger partial charge in [0, 0.05) is 13.7 Å². The Balaban J connectivity index is 2.72. The zero-order chi connectivity index (χ0) is 13.5. The van der Waals surface area contributed by atoms with Crippen LogP contribution in [0.1, 0.15) is 36.2 Å². The van der Waals surface area contributed by atoms with Crippen LogP contribution in [0.4, 0.5) is 0 Å². The molecule has 0 radical (unpaired) electrons. The predicted octanol–water partition coefficient (Wildman–Crippen LogP) is 2.10. The molecule has 0 amide bonds. The number of furan rings is 1. The SMILES string of the molecule is CCN(CCOC)C(C)c1ccc(C(=O)OC)o1. The minimum Gasteiger partial charge on any atom is -0.463 e. The number of carbonyl (C=O) groups excluding carboxylic acids is 1. The summed E-state index contributed by atoms with van der Waals surface area (Å²) in [7, 11) is 3.02. The molecule has 0 spiro atoms. The third-order valence-corrected chi connectivity index (χ3v) is 2.96. The van der Waals surface area contributed by atoms with Crippen molar-refractivity contribution >= 4 is 5.97 Å². The summed E-state index contributed by atoms with van der Waals surface area (Å²) in [5.41, 5.74) is 0. The van der Waals surface area contributed by atoms with Crippen LogP contribution in [0.5, 0.6) is 0 Å². The Hall–Kier alpha value is -1.33. The van der Waals surface area contributed by atoms with E-state index in [1.165, 1.54) is 7.11 Å². The normalized spacial score (nSPS) is 12.7. The van der Waals surface area contributed by atoms with Gasteiger partial charge in [0.25, 0.3) is 0 Å². The van der Waals surface area contributed by atoms with Crippen molar-refractivity contribution in [2.45, 2.75) is 19.9 Å². The van der Waals surface area contributed by atoms with Gasteiger partial charge in [0.2, 0.25) is 5.76 Å². The van der Waals surface area contributed by atoms with Crippen molar-refractivity contribution in [3.05, 3.63) is 23.7 Å². The highest BCUT2D eigenvalue weighted by Crippen LogP contribution is 2.22.